The molecule has 0 radical (unpaired) electrons. The van der Waals surface area contributed by atoms with Gasteiger partial charge in [0.05, 0.1) is 7.11 Å². The minimum Gasteiger partial charge on any atom is -0.497 e. The van der Waals surface area contributed by atoms with Crippen molar-refractivity contribution in [2.75, 3.05) is 19.0 Å². The zero-order valence-corrected chi connectivity index (χ0v) is 19.2. The van der Waals surface area contributed by atoms with Gasteiger partial charge in [-0.3, -0.25) is 14.5 Å². The number of urea groups is 1. The van der Waals surface area contributed by atoms with Crippen LogP contribution < -0.4 is 15.4 Å². The molecule has 3 aromatic rings. The number of carbonyl (C=O) groups is 3. The van der Waals surface area contributed by atoms with Gasteiger partial charge in [0.2, 0.25) is 5.91 Å². The Bertz CT molecular complexity index is 1270. The molecule has 4 amide bonds. The van der Waals surface area contributed by atoms with E-state index in [0.717, 1.165) is 44.7 Å². The van der Waals surface area contributed by atoms with Gasteiger partial charge in [-0.1, -0.05) is 43.3 Å². The number of imide groups is 1. The van der Waals surface area contributed by atoms with Gasteiger partial charge in [0.1, 0.15) is 17.8 Å². The van der Waals surface area contributed by atoms with Crippen LogP contribution in [-0.2, 0) is 21.5 Å². The third-order valence-corrected chi connectivity index (χ3v) is 6.21. The van der Waals surface area contributed by atoms with Gasteiger partial charge >= 0.3 is 6.03 Å². The number of aryl methyl sites for hydroxylation is 2. The predicted octanol–water partition coefficient (Wildman–Crippen LogP) is 4.12. The zero-order chi connectivity index (χ0) is 23.8. The zero-order valence-electron chi connectivity index (χ0n) is 19.2. The van der Waals surface area contributed by atoms with Crippen molar-refractivity contribution in [2.24, 2.45) is 0 Å². The summed E-state index contributed by atoms with van der Waals surface area (Å²) in [7, 11) is 1.61. The first-order chi connectivity index (χ1) is 15.8. The molecule has 1 aliphatic heterocycles. The topological polar surface area (TPSA) is 87.7 Å². The van der Waals surface area contributed by atoms with Crippen molar-refractivity contribution in [1.82, 2.24) is 10.2 Å². The van der Waals surface area contributed by atoms with Gasteiger partial charge < -0.3 is 15.4 Å². The smallest absolute Gasteiger partial charge is 0.325 e. The van der Waals surface area contributed by atoms with Crippen LogP contribution >= 0.6 is 0 Å². The fourth-order valence-electron chi connectivity index (χ4n) is 4.22. The lowest BCUT2D eigenvalue weighted by molar-refractivity contribution is -0.133. The molecule has 170 valence electrons. The van der Waals surface area contributed by atoms with E-state index in [1.165, 1.54) is 0 Å². The molecule has 1 aliphatic rings. The van der Waals surface area contributed by atoms with E-state index in [1.54, 1.807) is 14.0 Å². The first-order valence-corrected chi connectivity index (χ1v) is 10.9. The van der Waals surface area contributed by atoms with Crippen molar-refractivity contribution < 1.29 is 19.1 Å². The number of rotatable bonds is 6. The lowest BCUT2D eigenvalue weighted by Gasteiger charge is -2.23. The quantitative estimate of drug-likeness (QED) is 0.559. The lowest BCUT2D eigenvalue weighted by atomic mass is 9.90. The van der Waals surface area contributed by atoms with E-state index in [1.807, 2.05) is 68.4 Å². The number of nitrogens with zero attached hydrogens (tertiary/aromatic N) is 1. The van der Waals surface area contributed by atoms with Crippen LogP contribution in [0.5, 0.6) is 5.75 Å². The molecule has 3 aromatic carbocycles. The molecular weight excluding hydrogens is 418 g/mol. The molecule has 7 nitrogen and oxygen atoms in total. The summed E-state index contributed by atoms with van der Waals surface area (Å²) in [6.07, 6.45) is 0.756. The van der Waals surface area contributed by atoms with Crippen LogP contribution in [0, 0.1) is 6.92 Å². The number of carbonyl (C=O) groups excluding carboxylic acids is 3. The van der Waals surface area contributed by atoms with Crippen LogP contribution in [0.1, 0.15) is 30.5 Å². The molecule has 0 saturated carbocycles. The molecule has 0 unspecified atom stereocenters. The summed E-state index contributed by atoms with van der Waals surface area (Å²) in [4.78, 5) is 39.7. The van der Waals surface area contributed by atoms with E-state index in [2.05, 4.69) is 10.6 Å². The monoisotopic (exact) mass is 445 g/mol. The van der Waals surface area contributed by atoms with E-state index in [0.29, 0.717) is 5.56 Å². The standard InChI is InChI=1S/C26H27N3O4/c1-5-17-8-6-7-16(2)23(17)27-22(30)15-29-24(31)26(3,28-25(29)32)20-11-9-19-14-21(33-4)12-10-18(19)13-20/h6-14H,5,15H2,1-4H3,(H,27,30)(H,28,32)/t26-/m0/s1. The van der Waals surface area contributed by atoms with E-state index < -0.39 is 23.4 Å². The minimum atomic E-state index is -1.26. The van der Waals surface area contributed by atoms with E-state index >= 15 is 0 Å². The highest BCUT2D eigenvalue weighted by Gasteiger charge is 2.49. The Balaban J connectivity index is 1.56. The molecular formula is C26H27N3O4. The molecule has 2 N–H and O–H groups in total. The second-order valence-electron chi connectivity index (χ2n) is 8.39. The van der Waals surface area contributed by atoms with Crippen LogP contribution in [0.3, 0.4) is 0 Å². The number of nitrogens with one attached hydrogen (secondary N) is 2. The fraction of sp³-hybridized carbons (Fsp3) is 0.269. The van der Waals surface area contributed by atoms with Crippen molar-refractivity contribution in [3.8, 4) is 5.75 Å². The molecule has 7 heteroatoms. The van der Waals surface area contributed by atoms with Gasteiger partial charge in [-0.15, -0.1) is 0 Å². The molecule has 0 spiro atoms. The second-order valence-corrected chi connectivity index (χ2v) is 8.39. The third-order valence-electron chi connectivity index (χ3n) is 6.21. The summed E-state index contributed by atoms with van der Waals surface area (Å²) in [5.41, 5.74) is 2.04. The maximum atomic E-state index is 13.3. The van der Waals surface area contributed by atoms with Crippen molar-refractivity contribution in [1.29, 1.82) is 0 Å². The first-order valence-electron chi connectivity index (χ1n) is 10.9. The predicted molar refractivity (Wildman–Crippen MR) is 127 cm³/mol. The Morgan fingerprint density at radius 3 is 2.55 bits per heavy atom. The number of ether oxygens (including phenoxy) is 1. The van der Waals surface area contributed by atoms with Gasteiger partial charge in [0.15, 0.2) is 0 Å². The molecule has 0 aliphatic carbocycles. The molecule has 33 heavy (non-hydrogen) atoms. The molecule has 4 rings (SSSR count). The largest absolute Gasteiger partial charge is 0.497 e. The number of benzene rings is 3. The second kappa shape index (κ2) is 8.58. The number of para-hydroxylation sites is 1. The van der Waals surface area contributed by atoms with Crippen LogP contribution in [-0.4, -0.2) is 36.4 Å². The summed E-state index contributed by atoms with van der Waals surface area (Å²) >= 11 is 0. The average molecular weight is 446 g/mol. The van der Waals surface area contributed by atoms with E-state index in [9.17, 15) is 14.4 Å². The van der Waals surface area contributed by atoms with Gasteiger partial charge in [-0.25, -0.2) is 4.79 Å². The molecule has 1 atom stereocenters. The van der Waals surface area contributed by atoms with E-state index in [4.69, 9.17) is 4.74 Å². The summed E-state index contributed by atoms with van der Waals surface area (Å²) in [5, 5.41) is 7.52. The van der Waals surface area contributed by atoms with Crippen LogP contribution in [0.4, 0.5) is 10.5 Å². The Morgan fingerprint density at radius 2 is 1.82 bits per heavy atom. The lowest BCUT2D eigenvalue weighted by Crippen LogP contribution is -2.42. The number of hydrogen-bond acceptors (Lipinski definition) is 4. The number of hydrogen-bond donors (Lipinski definition) is 2. The van der Waals surface area contributed by atoms with E-state index in [-0.39, 0.29) is 6.54 Å². The Labute approximate surface area is 192 Å². The van der Waals surface area contributed by atoms with Crippen LogP contribution in [0.25, 0.3) is 10.8 Å². The average Bonchev–Trinajstić information content (AvgIpc) is 3.03. The highest BCUT2D eigenvalue weighted by atomic mass is 16.5. The maximum absolute atomic E-state index is 13.3. The van der Waals surface area contributed by atoms with Crippen molar-refractivity contribution >= 4 is 34.3 Å². The highest BCUT2D eigenvalue weighted by molar-refractivity contribution is 6.10. The third kappa shape index (κ3) is 4.02. The molecule has 0 aromatic heterocycles. The van der Waals surface area contributed by atoms with Crippen LogP contribution in [0.15, 0.2) is 54.6 Å². The van der Waals surface area contributed by atoms with Gasteiger partial charge in [0.25, 0.3) is 5.91 Å². The maximum Gasteiger partial charge on any atom is 0.325 e. The van der Waals surface area contributed by atoms with Gasteiger partial charge in [-0.2, -0.15) is 0 Å². The number of anilines is 1. The minimum absolute atomic E-state index is 0.359. The first kappa shape index (κ1) is 22.3. The van der Waals surface area contributed by atoms with Crippen LogP contribution in [0.2, 0.25) is 0 Å². The Morgan fingerprint density at radius 1 is 1.09 bits per heavy atom. The summed E-state index contributed by atoms with van der Waals surface area (Å²) in [6.45, 7) is 5.22. The molecule has 1 fully saturated rings. The number of fused-ring (bicyclic) bond motifs is 1. The molecule has 1 heterocycles. The van der Waals surface area contributed by atoms with Crippen molar-refractivity contribution in [2.45, 2.75) is 32.7 Å². The van der Waals surface area contributed by atoms with Crippen molar-refractivity contribution in [3.05, 3.63) is 71.3 Å². The Kier molecular flexibility index (Phi) is 5.80. The number of methoxy groups -OCH3 is 1. The fourth-order valence-corrected chi connectivity index (χ4v) is 4.22. The molecule has 0 bridgehead atoms. The summed E-state index contributed by atoms with van der Waals surface area (Å²) < 4.78 is 5.26. The van der Waals surface area contributed by atoms with Gasteiger partial charge in [0, 0.05) is 5.69 Å². The Hall–Kier alpha value is -3.87. The van der Waals surface area contributed by atoms with Crippen molar-refractivity contribution in [3.63, 3.8) is 0 Å². The number of amides is 4. The SMILES string of the molecule is CCc1cccc(C)c1NC(=O)CN1C(=O)N[C@@](C)(c2ccc3cc(OC)ccc3c2)C1=O. The molecule has 1 saturated heterocycles. The summed E-state index contributed by atoms with van der Waals surface area (Å²) in [6, 6.07) is 16.4. The van der Waals surface area contributed by atoms with Gasteiger partial charge in [-0.05, 0) is 65.9 Å². The normalized spacial score (nSPS) is 17.9. The summed E-state index contributed by atoms with van der Waals surface area (Å²) in [5.74, 6) is -0.142. The highest BCUT2D eigenvalue weighted by Crippen LogP contribution is 2.32.